The van der Waals surface area contributed by atoms with Crippen molar-refractivity contribution in [2.75, 3.05) is 0 Å². The van der Waals surface area contributed by atoms with Gasteiger partial charge in [-0.3, -0.25) is 0 Å². The molecule has 2 heteroatoms. The summed E-state index contributed by atoms with van der Waals surface area (Å²) in [5, 5.41) is 0. The number of hydrogen-bond donors (Lipinski definition) is 1. The molecule has 0 aliphatic rings. The molecule has 0 aliphatic heterocycles. The van der Waals surface area contributed by atoms with E-state index in [1.807, 2.05) is 13.0 Å². The molecule has 0 aromatic heterocycles. The van der Waals surface area contributed by atoms with Gasteiger partial charge in [0.25, 0.3) is 0 Å². The molecule has 0 rings (SSSR count). The molecule has 0 saturated carbocycles. The lowest BCUT2D eigenvalue weighted by atomic mass is 10.3. The zero-order valence-corrected chi connectivity index (χ0v) is 5.67. The highest BCUT2D eigenvalue weighted by Gasteiger charge is 1.82. The van der Waals surface area contributed by atoms with E-state index in [0.29, 0.717) is 0 Å². The van der Waals surface area contributed by atoms with Crippen LogP contribution in [-0.2, 0) is 0 Å². The van der Waals surface area contributed by atoms with Gasteiger partial charge in [-0.15, -0.1) is 0 Å². The van der Waals surface area contributed by atoms with E-state index in [1.54, 1.807) is 6.08 Å². The van der Waals surface area contributed by atoms with Gasteiger partial charge in [-0.1, -0.05) is 19.6 Å². The van der Waals surface area contributed by atoms with Crippen LogP contribution in [0, 0.1) is 0 Å². The molecule has 0 bridgehead atoms. The summed E-state index contributed by atoms with van der Waals surface area (Å²) in [4.78, 5) is 3.88. The van der Waals surface area contributed by atoms with Gasteiger partial charge in [0.05, 0.1) is 6.34 Å². The predicted molar refractivity (Wildman–Crippen MR) is 41.3 cm³/mol. The van der Waals surface area contributed by atoms with Gasteiger partial charge < -0.3 is 5.73 Å². The fourth-order valence-electron chi connectivity index (χ4n) is 0.484. The summed E-state index contributed by atoms with van der Waals surface area (Å²) in [6.07, 6.45) is 5.72. The molecule has 2 nitrogen and oxygen atoms in total. The van der Waals surface area contributed by atoms with Crippen LogP contribution in [0.15, 0.2) is 29.4 Å². The van der Waals surface area contributed by atoms with Crippen LogP contribution in [0.4, 0.5) is 0 Å². The maximum atomic E-state index is 5.07. The van der Waals surface area contributed by atoms with Gasteiger partial charge in [-0.2, -0.15) is 0 Å². The Morgan fingerprint density at radius 3 is 2.78 bits per heavy atom. The summed E-state index contributed by atoms with van der Waals surface area (Å²) in [5.74, 6) is 0. The van der Waals surface area contributed by atoms with E-state index in [0.717, 1.165) is 12.1 Å². The van der Waals surface area contributed by atoms with Crippen molar-refractivity contribution in [1.29, 1.82) is 0 Å². The Bertz CT molecular complexity index is 134. The molecule has 0 saturated heterocycles. The van der Waals surface area contributed by atoms with E-state index in [1.165, 1.54) is 6.34 Å². The highest BCUT2D eigenvalue weighted by atomic mass is 14.8. The zero-order chi connectivity index (χ0) is 7.11. The van der Waals surface area contributed by atoms with Gasteiger partial charge >= 0.3 is 0 Å². The number of nitrogens with two attached hydrogens (primary N) is 1. The van der Waals surface area contributed by atoms with Crippen molar-refractivity contribution in [3.05, 3.63) is 24.4 Å². The fourth-order valence-corrected chi connectivity index (χ4v) is 0.484. The predicted octanol–water partition coefficient (Wildman–Crippen LogP) is 1.45. The van der Waals surface area contributed by atoms with Gasteiger partial charge in [0.15, 0.2) is 0 Å². The molecule has 9 heavy (non-hydrogen) atoms. The molecule has 2 N–H and O–H groups in total. The van der Waals surface area contributed by atoms with Crippen LogP contribution in [0.3, 0.4) is 0 Å². The number of rotatable bonds is 3. The van der Waals surface area contributed by atoms with Crippen LogP contribution in [0.2, 0.25) is 0 Å². The maximum Gasteiger partial charge on any atom is 0.0856 e. The lowest BCUT2D eigenvalue weighted by Crippen LogP contribution is -1.88. The Morgan fingerprint density at radius 1 is 1.78 bits per heavy atom. The van der Waals surface area contributed by atoms with Gasteiger partial charge in [0.2, 0.25) is 0 Å². The van der Waals surface area contributed by atoms with Crippen LogP contribution in [0.1, 0.15) is 13.3 Å². The Labute approximate surface area is 55.8 Å². The standard InChI is InChI=1S/C7H12N2/c1-3-5-7(4-2)9-6-8/h3,5-6H,1,4H2,2H3,(H2,8,9)/b7-5-. The summed E-state index contributed by atoms with van der Waals surface area (Å²) in [6, 6.07) is 0. The Balaban J connectivity index is 3.96. The van der Waals surface area contributed by atoms with Crippen molar-refractivity contribution < 1.29 is 0 Å². The van der Waals surface area contributed by atoms with Gasteiger partial charge in [-0.05, 0) is 12.5 Å². The zero-order valence-electron chi connectivity index (χ0n) is 5.67. The van der Waals surface area contributed by atoms with Crippen LogP contribution in [0.5, 0.6) is 0 Å². The number of hydrogen-bond acceptors (Lipinski definition) is 1. The van der Waals surface area contributed by atoms with E-state index < -0.39 is 0 Å². The minimum absolute atomic E-state index is 0.889. The molecule has 0 spiro atoms. The average Bonchev–Trinajstić information content (AvgIpc) is 1.88. The van der Waals surface area contributed by atoms with E-state index in [-0.39, 0.29) is 0 Å². The third kappa shape index (κ3) is 3.53. The average molecular weight is 124 g/mol. The largest absolute Gasteiger partial charge is 0.390 e. The molecule has 0 aromatic rings. The van der Waals surface area contributed by atoms with E-state index in [2.05, 4.69) is 11.6 Å². The third-order valence-corrected chi connectivity index (χ3v) is 0.913. The summed E-state index contributed by atoms with van der Waals surface area (Å²) >= 11 is 0. The molecular weight excluding hydrogens is 112 g/mol. The second-order valence-electron chi connectivity index (χ2n) is 1.53. The van der Waals surface area contributed by atoms with Crippen molar-refractivity contribution in [3.8, 4) is 0 Å². The van der Waals surface area contributed by atoms with Crippen molar-refractivity contribution in [2.24, 2.45) is 10.7 Å². The number of aliphatic imine (C=N–C) groups is 1. The van der Waals surface area contributed by atoms with Crippen molar-refractivity contribution in [2.45, 2.75) is 13.3 Å². The summed E-state index contributed by atoms with van der Waals surface area (Å²) in [6.45, 7) is 5.56. The van der Waals surface area contributed by atoms with Gasteiger partial charge in [0, 0.05) is 5.70 Å². The van der Waals surface area contributed by atoms with Crippen LogP contribution < -0.4 is 5.73 Å². The second-order valence-corrected chi connectivity index (χ2v) is 1.53. The van der Waals surface area contributed by atoms with E-state index in [9.17, 15) is 0 Å². The number of allylic oxidation sites excluding steroid dienone is 3. The third-order valence-electron chi connectivity index (χ3n) is 0.913. The van der Waals surface area contributed by atoms with Crippen molar-refractivity contribution in [1.82, 2.24) is 0 Å². The van der Waals surface area contributed by atoms with Crippen LogP contribution >= 0.6 is 0 Å². The fraction of sp³-hybridized carbons (Fsp3) is 0.286. The molecule has 0 atom stereocenters. The summed E-state index contributed by atoms with van der Waals surface area (Å²) < 4.78 is 0. The Kier molecular flexibility index (Phi) is 4.50. The summed E-state index contributed by atoms with van der Waals surface area (Å²) in [5.41, 5.74) is 6.02. The number of nitrogens with zero attached hydrogens (tertiary/aromatic N) is 1. The highest BCUT2D eigenvalue weighted by Crippen LogP contribution is 1.99. The molecule has 50 valence electrons. The first-order valence-corrected chi connectivity index (χ1v) is 2.91. The van der Waals surface area contributed by atoms with E-state index >= 15 is 0 Å². The van der Waals surface area contributed by atoms with Gasteiger partial charge in [0.1, 0.15) is 0 Å². The van der Waals surface area contributed by atoms with Crippen LogP contribution in [0.25, 0.3) is 0 Å². The lowest BCUT2D eigenvalue weighted by molar-refractivity contribution is 1.07. The first-order valence-electron chi connectivity index (χ1n) is 2.91. The minimum Gasteiger partial charge on any atom is -0.390 e. The molecule has 0 heterocycles. The SMILES string of the molecule is C=C/C=C(CC)\N=C/N. The van der Waals surface area contributed by atoms with Crippen molar-refractivity contribution in [3.63, 3.8) is 0 Å². The molecule has 0 unspecified atom stereocenters. The highest BCUT2D eigenvalue weighted by molar-refractivity contribution is 5.53. The first kappa shape index (κ1) is 7.95. The first-order chi connectivity index (χ1) is 4.35. The Hall–Kier alpha value is -1.05. The molecule has 0 aliphatic carbocycles. The quantitative estimate of drug-likeness (QED) is 0.345. The molecular formula is C7H12N2. The molecule has 0 fully saturated rings. The maximum absolute atomic E-state index is 5.07. The Morgan fingerprint density at radius 2 is 2.44 bits per heavy atom. The van der Waals surface area contributed by atoms with Crippen molar-refractivity contribution >= 4 is 6.34 Å². The lowest BCUT2D eigenvalue weighted by Gasteiger charge is -1.90. The van der Waals surface area contributed by atoms with E-state index in [4.69, 9.17) is 5.73 Å². The molecule has 0 amide bonds. The second kappa shape index (κ2) is 5.09. The minimum atomic E-state index is 0.889. The normalized spacial score (nSPS) is 12.3. The topological polar surface area (TPSA) is 38.4 Å². The smallest absolute Gasteiger partial charge is 0.0856 e. The molecule has 0 radical (unpaired) electrons. The van der Waals surface area contributed by atoms with Crippen LogP contribution in [-0.4, -0.2) is 6.34 Å². The monoisotopic (exact) mass is 124 g/mol. The summed E-state index contributed by atoms with van der Waals surface area (Å²) in [7, 11) is 0. The van der Waals surface area contributed by atoms with Gasteiger partial charge in [-0.25, -0.2) is 4.99 Å². The molecule has 0 aromatic carbocycles.